The summed E-state index contributed by atoms with van der Waals surface area (Å²) < 4.78 is 12.0. The summed E-state index contributed by atoms with van der Waals surface area (Å²) in [7, 11) is 0. The largest absolute Gasteiger partial charge is 0.462 e. The first-order valence-electron chi connectivity index (χ1n) is 10.6. The summed E-state index contributed by atoms with van der Waals surface area (Å²) in [6.07, 6.45) is 10.0. The highest BCUT2D eigenvalue weighted by atomic mass is 16.6. The molecule has 0 N–H and O–H groups in total. The van der Waals surface area contributed by atoms with E-state index in [2.05, 4.69) is 18.7 Å². The molecule has 7 unspecified atom stereocenters. The van der Waals surface area contributed by atoms with Gasteiger partial charge in [-0.15, -0.1) is 0 Å². The number of carbonyl (C=O) groups excluding carboxylic acids is 1. The number of fused-ring (bicyclic) bond motifs is 3. The Bertz CT molecular complexity index is 559. The van der Waals surface area contributed by atoms with Crippen LogP contribution in [0.5, 0.6) is 0 Å². The van der Waals surface area contributed by atoms with Gasteiger partial charge in [0.15, 0.2) is 0 Å². The van der Waals surface area contributed by atoms with Crippen LogP contribution in [0.1, 0.15) is 65.2 Å². The first-order chi connectivity index (χ1) is 12.0. The number of nitrogens with zero attached hydrogens (tertiary/aromatic N) is 1. The lowest BCUT2D eigenvalue weighted by molar-refractivity contribution is -0.147. The fraction of sp³-hybridized carbons (Fsp3) is 0.952. The van der Waals surface area contributed by atoms with Crippen molar-refractivity contribution in [2.45, 2.75) is 83.0 Å². The fourth-order valence-corrected chi connectivity index (χ4v) is 6.85. The second-order valence-electron chi connectivity index (χ2n) is 9.94. The van der Waals surface area contributed by atoms with E-state index < -0.39 is 0 Å². The minimum absolute atomic E-state index is 0.0841. The zero-order chi connectivity index (χ0) is 17.2. The Kier molecular flexibility index (Phi) is 3.77. The van der Waals surface area contributed by atoms with Crippen LogP contribution < -0.4 is 0 Å². The van der Waals surface area contributed by atoms with Gasteiger partial charge < -0.3 is 9.47 Å². The first-order valence-corrected chi connectivity index (χ1v) is 10.6. The van der Waals surface area contributed by atoms with Gasteiger partial charge in [-0.1, -0.05) is 13.3 Å². The number of hydrogen-bond donors (Lipinski definition) is 0. The predicted octanol–water partition coefficient (Wildman–Crippen LogP) is 3.39. The van der Waals surface area contributed by atoms with Crippen LogP contribution >= 0.6 is 0 Å². The van der Waals surface area contributed by atoms with Crippen molar-refractivity contribution in [2.24, 2.45) is 23.2 Å². The van der Waals surface area contributed by atoms with Crippen LogP contribution in [0.4, 0.5) is 0 Å². The topological polar surface area (TPSA) is 42.1 Å². The molecule has 0 aromatic carbocycles. The Balaban J connectivity index is 1.36. The molecule has 5 fully saturated rings. The lowest BCUT2D eigenvalue weighted by Crippen LogP contribution is -2.51. The number of carbonyl (C=O) groups is 1. The molecule has 0 bridgehead atoms. The molecule has 2 aliphatic carbocycles. The number of hydrogen-bond acceptors (Lipinski definition) is 4. The minimum Gasteiger partial charge on any atom is -0.462 e. The number of epoxide rings is 1. The van der Waals surface area contributed by atoms with Gasteiger partial charge in [-0.2, -0.15) is 0 Å². The third kappa shape index (κ3) is 2.58. The molecule has 0 radical (unpaired) electrons. The highest BCUT2D eigenvalue weighted by Gasteiger charge is 2.65. The Morgan fingerprint density at radius 2 is 2.08 bits per heavy atom. The molecule has 25 heavy (non-hydrogen) atoms. The summed E-state index contributed by atoms with van der Waals surface area (Å²) in [6, 6.07) is 0.613. The van der Waals surface area contributed by atoms with Crippen LogP contribution in [-0.4, -0.2) is 48.3 Å². The summed E-state index contributed by atoms with van der Waals surface area (Å²) in [5.41, 5.74) is 0.468. The third-order valence-corrected chi connectivity index (χ3v) is 8.45. The minimum atomic E-state index is 0.0841. The highest BCUT2D eigenvalue weighted by Crippen LogP contribution is 2.62. The molecule has 1 spiro atoms. The fourth-order valence-electron chi connectivity index (χ4n) is 6.85. The molecule has 2 saturated carbocycles. The van der Waals surface area contributed by atoms with Crippen molar-refractivity contribution in [2.75, 3.05) is 19.7 Å². The molecule has 7 atom stereocenters. The van der Waals surface area contributed by atoms with E-state index >= 15 is 0 Å². The summed E-state index contributed by atoms with van der Waals surface area (Å²) in [5.74, 6) is 1.22. The van der Waals surface area contributed by atoms with Crippen LogP contribution in [0.25, 0.3) is 0 Å². The number of likely N-dealkylation sites (tertiary alicyclic amines) is 1. The van der Waals surface area contributed by atoms with Gasteiger partial charge in [0.1, 0.15) is 6.10 Å². The van der Waals surface area contributed by atoms with Crippen LogP contribution in [0.15, 0.2) is 0 Å². The van der Waals surface area contributed by atoms with Crippen LogP contribution in [-0.2, 0) is 14.3 Å². The van der Waals surface area contributed by atoms with Gasteiger partial charge in [-0.05, 0) is 69.7 Å². The van der Waals surface area contributed by atoms with Crippen molar-refractivity contribution in [3.63, 3.8) is 0 Å². The van der Waals surface area contributed by atoms with Gasteiger partial charge >= 0.3 is 5.97 Å². The molecule has 3 heterocycles. The van der Waals surface area contributed by atoms with E-state index in [1.165, 1.54) is 38.5 Å². The Morgan fingerprint density at radius 1 is 1.24 bits per heavy atom. The zero-order valence-corrected chi connectivity index (χ0v) is 15.8. The highest BCUT2D eigenvalue weighted by molar-refractivity contribution is 5.75. The average molecular weight is 347 g/mol. The predicted molar refractivity (Wildman–Crippen MR) is 95.1 cm³/mol. The molecule has 4 nitrogen and oxygen atoms in total. The van der Waals surface area contributed by atoms with Crippen LogP contribution in [0, 0.1) is 23.2 Å². The lowest BCUT2D eigenvalue weighted by Gasteiger charge is -2.51. The molecular formula is C21H33NO3. The van der Waals surface area contributed by atoms with E-state index in [-0.39, 0.29) is 23.6 Å². The second kappa shape index (κ2) is 5.69. The smallest absolute Gasteiger partial charge is 0.310 e. The average Bonchev–Trinajstić information content (AvgIpc) is 3.27. The molecule has 5 rings (SSSR count). The maximum Gasteiger partial charge on any atom is 0.310 e. The van der Waals surface area contributed by atoms with Crippen molar-refractivity contribution in [1.29, 1.82) is 0 Å². The number of esters is 1. The summed E-state index contributed by atoms with van der Waals surface area (Å²) >= 11 is 0. The number of ether oxygens (including phenoxy) is 2. The van der Waals surface area contributed by atoms with E-state index in [9.17, 15) is 4.79 Å². The summed E-state index contributed by atoms with van der Waals surface area (Å²) in [6.45, 7) is 7.77. The molecular weight excluding hydrogens is 314 g/mol. The molecule has 0 amide bonds. The summed E-state index contributed by atoms with van der Waals surface area (Å²) in [5, 5.41) is 0. The molecule has 0 aromatic rings. The Hall–Kier alpha value is -0.610. The van der Waals surface area contributed by atoms with E-state index in [1.807, 2.05) is 0 Å². The van der Waals surface area contributed by atoms with Gasteiger partial charge in [0, 0.05) is 18.5 Å². The molecule has 3 aliphatic heterocycles. The van der Waals surface area contributed by atoms with Gasteiger partial charge in [0.2, 0.25) is 0 Å². The zero-order valence-electron chi connectivity index (χ0n) is 15.8. The second-order valence-corrected chi connectivity index (χ2v) is 9.94. The van der Waals surface area contributed by atoms with Crippen LogP contribution in [0.2, 0.25) is 0 Å². The maximum atomic E-state index is 12.7. The summed E-state index contributed by atoms with van der Waals surface area (Å²) in [4.78, 5) is 15.3. The first kappa shape index (κ1) is 16.6. The van der Waals surface area contributed by atoms with Gasteiger partial charge in [0.25, 0.3) is 0 Å². The molecule has 5 aliphatic rings. The van der Waals surface area contributed by atoms with Crippen molar-refractivity contribution in [3.05, 3.63) is 0 Å². The van der Waals surface area contributed by atoms with Gasteiger partial charge in [-0.3, -0.25) is 9.69 Å². The van der Waals surface area contributed by atoms with Crippen molar-refractivity contribution in [3.8, 4) is 0 Å². The van der Waals surface area contributed by atoms with Crippen molar-refractivity contribution < 1.29 is 14.3 Å². The van der Waals surface area contributed by atoms with E-state index in [0.717, 1.165) is 32.5 Å². The molecule has 4 heteroatoms. The standard InChI is InChI=1S/C21H33NO3/c1-14-6-3-4-9-22(14)12-16-15-10-18-20(2,11-17(15)25-19(16)23)7-5-8-21(18)13-24-21/h14-18H,3-13H2,1-2H3. The monoisotopic (exact) mass is 347 g/mol. The molecule has 3 saturated heterocycles. The van der Waals surface area contributed by atoms with E-state index in [1.54, 1.807) is 0 Å². The number of piperidine rings is 1. The normalized spacial score (nSPS) is 52.6. The third-order valence-electron chi connectivity index (χ3n) is 8.45. The maximum absolute atomic E-state index is 12.7. The van der Waals surface area contributed by atoms with Crippen molar-refractivity contribution in [1.82, 2.24) is 4.90 Å². The van der Waals surface area contributed by atoms with Gasteiger partial charge in [0.05, 0.1) is 18.1 Å². The SMILES string of the molecule is CC1CCCCN1CC1C(=O)OC2CC3(C)CCCC4(CO4)C3CC21. The quantitative estimate of drug-likeness (QED) is 0.567. The van der Waals surface area contributed by atoms with E-state index in [4.69, 9.17) is 9.47 Å². The molecule has 0 aromatic heterocycles. The Labute approximate surface area is 151 Å². The molecule has 140 valence electrons. The Morgan fingerprint density at radius 3 is 2.84 bits per heavy atom. The van der Waals surface area contributed by atoms with Crippen molar-refractivity contribution >= 4 is 5.97 Å². The number of rotatable bonds is 2. The van der Waals surface area contributed by atoms with Crippen LogP contribution in [0.3, 0.4) is 0 Å². The lowest BCUT2D eigenvalue weighted by atomic mass is 9.53. The van der Waals surface area contributed by atoms with Gasteiger partial charge in [-0.25, -0.2) is 0 Å². The van der Waals surface area contributed by atoms with E-state index in [0.29, 0.717) is 23.3 Å².